The largest absolute Gasteiger partial charge is 0.493 e. The predicted octanol–water partition coefficient (Wildman–Crippen LogP) is 5.47. The lowest BCUT2D eigenvalue weighted by atomic mass is 9.81. The van der Waals surface area contributed by atoms with E-state index in [1.807, 2.05) is 6.92 Å². The van der Waals surface area contributed by atoms with Gasteiger partial charge in [0.15, 0.2) is 0 Å². The monoisotopic (exact) mass is 353 g/mol. The van der Waals surface area contributed by atoms with Gasteiger partial charge in [0.25, 0.3) is 0 Å². The zero-order chi connectivity index (χ0) is 15.1. The van der Waals surface area contributed by atoms with Crippen molar-refractivity contribution in [1.82, 2.24) is 5.32 Å². The molecule has 1 fully saturated rings. The van der Waals surface area contributed by atoms with Crippen LogP contribution in [-0.4, -0.2) is 13.2 Å². The van der Waals surface area contributed by atoms with Crippen LogP contribution >= 0.6 is 15.9 Å². The van der Waals surface area contributed by atoms with Gasteiger partial charge in [-0.3, -0.25) is 0 Å². The van der Waals surface area contributed by atoms with Crippen LogP contribution in [0.1, 0.15) is 64.0 Å². The van der Waals surface area contributed by atoms with Crippen molar-refractivity contribution in [3.8, 4) is 5.75 Å². The molecule has 1 aliphatic carbocycles. The molecule has 0 spiro atoms. The van der Waals surface area contributed by atoms with Crippen LogP contribution in [0.2, 0.25) is 0 Å². The Balaban J connectivity index is 2.16. The molecule has 1 atom stereocenters. The fourth-order valence-corrected chi connectivity index (χ4v) is 3.82. The molecule has 1 aromatic carbocycles. The highest BCUT2D eigenvalue weighted by molar-refractivity contribution is 9.10. The van der Waals surface area contributed by atoms with Crippen molar-refractivity contribution in [2.24, 2.45) is 5.92 Å². The molecule has 2 rings (SSSR count). The molecule has 0 aromatic heterocycles. The maximum Gasteiger partial charge on any atom is 0.133 e. The SMILES string of the molecule is CCCNC(c1ccc(OCC)c(Br)c1)C1CCCCC1. The first-order chi connectivity index (χ1) is 10.3. The Kier molecular flexibility index (Phi) is 7.05. The molecule has 1 unspecified atom stereocenters. The maximum absolute atomic E-state index is 5.63. The van der Waals surface area contributed by atoms with Crippen LogP contribution in [0.25, 0.3) is 0 Å². The van der Waals surface area contributed by atoms with E-state index in [0.29, 0.717) is 12.6 Å². The first-order valence-corrected chi connectivity index (χ1v) is 9.21. The van der Waals surface area contributed by atoms with Gasteiger partial charge in [-0.15, -0.1) is 0 Å². The number of hydrogen-bond donors (Lipinski definition) is 1. The van der Waals surface area contributed by atoms with Gasteiger partial charge in [-0.05, 0) is 72.3 Å². The van der Waals surface area contributed by atoms with Crippen LogP contribution in [0.5, 0.6) is 5.75 Å². The Hall–Kier alpha value is -0.540. The lowest BCUT2D eigenvalue weighted by molar-refractivity contribution is 0.271. The van der Waals surface area contributed by atoms with Crippen molar-refractivity contribution < 1.29 is 4.74 Å². The molecule has 1 saturated carbocycles. The average Bonchev–Trinajstić information content (AvgIpc) is 2.51. The van der Waals surface area contributed by atoms with Crippen LogP contribution in [-0.2, 0) is 0 Å². The van der Waals surface area contributed by atoms with Crippen molar-refractivity contribution >= 4 is 15.9 Å². The normalized spacial score (nSPS) is 17.7. The highest BCUT2D eigenvalue weighted by Crippen LogP contribution is 2.37. The van der Waals surface area contributed by atoms with Gasteiger partial charge in [0.2, 0.25) is 0 Å². The molecule has 0 bridgehead atoms. The molecule has 0 amide bonds. The van der Waals surface area contributed by atoms with Gasteiger partial charge < -0.3 is 10.1 Å². The molecule has 0 radical (unpaired) electrons. The van der Waals surface area contributed by atoms with Gasteiger partial charge >= 0.3 is 0 Å². The molecule has 2 nitrogen and oxygen atoms in total. The Morgan fingerprint density at radius 2 is 2.00 bits per heavy atom. The molecule has 118 valence electrons. The van der Waals surface area contributed by atoms with Crippen molar-refractivity contribution in [2.75, 3.05) is 13.2 Å². The van der Waals surface area contributed by atoms with E-state index in [0.717, 1.165) is 22.7 Å². The summed E-state index contributed by atoms with van der Waals surface area (Å²) in [4.78, 5) is 0. The van der Waals surface area contributed by atoms with E-state index in [-0.39, 0.29) is 0 Å². The summed E-state index contributed by atoms with van der Waals surface area (Å²) in [6, 6.07) is 7.06. The first-order valence-electron chi connectivity index (χ1n) is 8.41. The molecular weight excluding hydrogens is 326 g/mol. The minimum Gasteiger partial charge on any atom is -0.493 e. The standard InChI is InChI=1S/C18H28BrNO/c1-3-12-20-18(14-8-6-5-7-9-14)15-10-11-17(21-4-2)16(19)13-15/h10-11,13-14,18,20H,3-9,12H2,1-2H3. The number of hydrogen-bond acceptors (Lipinski definition) is 2. The van der Waals surface area contributed by atoms with Crippen LogP contribution < -0.4 is 10.1 Å². The van der Waals surface area contributed by atoms with Gasteiger partial charge in [-0.2, -0.15) is 0 Å². The van der Waals surface area contributed by atoms with Gasteiger partial charge in [0.05, 0.1) is 11.1 Å². The Morgan fingerprint density at radius 3 is 2.62 bits per heavy atom. The molecule has 21 heavy (non-hydrogen) atoms. The van der Waals surface area contributed by atoms with Crippen molar-refractivity contribution in [2.45, 2.75) is 58.4 Å². The summed E-state index contributed by atoms with van der Waals surface area (Å²) in [6.45, 7) is 6.05. The van der Waals surface area contributed by atoms with Gasteiger partial charge in [-0.1, -0.05) is 32.3 Å². The Labute approximate surface area is 137 Å². The Morgan fingerprint density at radius 1 is 1.24 bits per heavy atom. The topological polar surface area (TPSA) is 21.3 Å². The second kappa shape index (κ2) is 8.79. The van der Waals surface area contributed by atoms with Crippen LogP contribution in [0.3, 0.4) is 0 Å². The van der Waals surface area contributed by atoms with E-state index in [1.165, 1.54) is 44.1 Å². The van der Waals surface area contributed by atoms with E-state index < -0.39 is 0 Å². The van der Waals surface area contributed by atoms with Crippen molar-refractivity contribution in [1.29, 1.82) is 0 Å². The molecule has 0 saturated heterocycles. The summed E-state index contributed by atoms with van der Waals surface area (Å²) < 4.78 is 6.70. The summed E-state index contributed by atoms with van der Waals surface area (Å²) >= 11 is 3.66. The number of rotatable bonds is 7. The van der Waals surface area contributed by atoms with E-state index in [2.05, 4.69) is 46.4 Å². The summed E-state index contributed by atoms with van der Waals surface area (Å²) in [5.74, 6) is 1.72. The lowest BCUT2D eigenvalue weighted by Crippen LogP contribution is -2.30. The second-order valence-corrected chi connectivity index (χ2v) is 6.81. The Bertz CT molecular complexity index is 429. The van der Waals surface area contributed by atoms with Crippen LogP contribution in [0.4, 0.5) is 0 Å². The molecular formula is C18H28BrNO. The third-order valence-electron chi connectivity index (χ3n) is 4.35. The average molecular weight is 354 g/mol. The van der Waals surface area contributed by atoms with Crippen LogP contribution in [0.15, 0.2) is 22.7 Å². The second-order valence-electron chi connectivity index (χ2n) is 5.95. The van der Waals surface area contributed by atoms with E-state index in [4.69, 9.17) is 4.74 Å². The van der Waals surface area contributed by atoms with Crippen molar-refractivity contribution in [3.63, 3.8) is 0 Å². The first kappa shape index (κ1) is 16.8. The molecule has 0 aliphatic heterocycles. The predicted molar refractivity (Wildman–Crippen MR) is 92.9 cm³/mol. The summed E-state index contributed by atoms with van der Waals surface area (Å²) in [7, 11) is 0. The van der Waals surface area contributed by atoms with Crippen LogP contribution in [0, 0.1) is 5.92 Å². The van der Waals surface area contributed by atoms with Gasteiger partial charge in [-0.25, -0.2) is 0 Å². The van der Waals surface area contributed by atoms with Crippen molar-refractivity contribution in [3.05, 3.63) is 28.2 Å². The molecule has 1 aromatic rings. The molecule has 1 aliphatic rings. The minimum atomic E-state index is 0.484. The van der Waals surface area contributed by atoms with Gasteiger partial charge in [0.1, 0.15) is 5.75 Å². The number of halogens is 1. The fourth-order valence-electron chi connectivity index (χ4n) is 3.31. The quantitative estimate of drug-likeness (QED) is 0.701. The summed E-state index contributed by atoms with van der Waals surface area (Å²) in [6.07, 6.45) is 8.06. The summed E-state index contributed by atoms with van der Waals surface area (Å²) in [5, 5.41) is 3.77. The van der Waals surface area contributed by atoms with E-state index in [1.54, 1.807) is 0 Å². The number of benzene rings is 1. The highest BCUT2D eigenvalue weighted by Gasteiger charge is 2.25. The third kappa shape index (κ3) is 4.72. The summed E-state index contributed by atoms with van der Waals surface area (Å²) in [5.41, 5.74) is 1.39. The lowest BCUT2D eigenvalue weighted by Gasteiger charge is -2.31. The molecule has 0 heterocycles. The van der Waals surface area contributed by atoms with Gasteiger partial charge in [0, 0.05) is 6.04 Å². The zero-order valence-corrected chi connectivity index (χ0v) is 14.9. The highest BCUT2D eigenvalue weighted by atomic mass is 79.9. The smallest absolute Gasteiger partial charge is 0.133 e. The van der Waals surface area contributed by atoms with E-state index >= 15 is 0 Å². The molecule has 3 heteroatoms. The zero-order valence-electron chi connectivity index (χ0n) is 13.3. The minimum absolute atomic E-state index is 0.484. The van der Waals surface area contributed by atoms with E-state index in [9.17, 15) is 0 Å². The number of ether oxygens (including phenoxy) is 1. The number of nitrogens with one attached hydrogen (secondary N) is 1. The molecule has 1 N–H and O–H groups in total. The maximum atomic E-state index is 5.63. The third-order valence-corrected chi connectivity index (χ3v) is 4.97. The fraction of sp³-hybridized carbons (Fsp3) is 0.667.